The smallest absolute Gasteiger partial charge is 0.123 e. The van der Waals surface area contributed by atoms with Crippen LogP contribution in [0.2, 0.25) is 0 Å². The van der Waals surface area contributed by atoms with Gasteiger partial charge in [-0.25, -0.2) is 4.39 Å². The molecule has 0 amide bonds. The summed E-state index contributed by atoms with van der Waals surface area (Å²) in [6.07, 6.45) is 0. The number of halogens is 1. The van der Waals surface area contributed by atoms with Crippen LogP contribution in [0, 0.1) is 12.7 Å². The Kier molecular flexibility index (Phi) is 4.32. The second-order valence-corrected chi connectivity index (χ2v) is 6.02. The summed E-state index contributed by atoms with van der Waals surface area (Å²) in [5.41, 5.74) is 9.00. The first kappa shape index (κ1) is 13.7. The summed E-state index contributed by atoms with van der Waals surface area (Å²) >= 11 is 0. The van der Waals surface area contributed by atoms with Crippen molar-refractivity contribution in [3.8, 4) is 0 Å². The predicted molar refractivity (Wildman–Crippen MR) is 77.5 cm³/mol. The van der Waals surface area contributed by atoms with Gasteiger partial charge in [0, 0.05) is 22.2 Å². The summed E-state index contributed by atoms with van der Waals surface area (Å²) in [5.74, 6) is 0.381. The van der Waals surface area contributed by atoms with Gasteiger partial charge in [0.05, 0.1) is 5.75 Å². The number of hydrogen-bond donors (Lipinski definition) is 1. The first-order valence-electron chi connectivity index (χ1n) is 5.99. The van der Waals surface area contributed by atoms with Gasteiger partial charge in [-0.2, -0.15) is 0 Å². The molecule has 0 aliphatic heterocycles. The van der Waals surface area contributed by atoms with Gasteiger partial charge in [-0.15, -0.1) is 0 Å². The Morgan fingerprint density at radius 2 is 1.95 bits per heavy atom. The highest BCUT2D eigenvalue weighted by molar-refractivity contribution is 7.83. The highest BCUT2D eigenvalue weighted by atomic mass is 32.2. The highest BCUT2D eigenvalue weighted by Crippen LogP contribution is 2.17. The molecule has 0 saturated heterocycles. The van der Waals surface area contributed by atoms with Crippen LogP contribution in [0.3, 0.4) is 0 Å². The molecule has 2 aromatic rings. The van der Waals surface area contributed by atoms with E-state index in [9.17, 15) is 8.60 Å². The van der Waals surface area contributed by atoms with E-state index in [1.54, 1.807) is 0 Å². The van der Waals surface area contributed by atoms with E-state index in [1.807, 2.05) is 31.2 Å². The van der Waals surface area contributed by atoms with E-state index in [0.717, 1.165) is 11.1 Å². The summed E-state index contributed by atoms with van der Waals surface area (Å²) in [4.78, 5) is 0. The number of hydrogen-bond acceptors (Lipinski definition) is 2. The van der Waals surface area contributed by atoms with Crippen LogP contribution in [0.1, 0.15) is 16.7 Å². The van der Waals surface area contributed by atoms with Crippen molar-refractivity contribution in [2.24, 2.45) is 0 Å². The molecule has 0 heterocycles. The zero-order valence-electron chi connectivity index (χ0n) is 10.7. The van der Waals surface area contributed by atoms with E-state index in [1.165, 1.54) is 18.2 Å². The third-order valence-electron chi connectivity index (χ3n) is 2.83. The minimum absolute atomic E-state index is 0.275. The minimum Gasteiger partial charge on any atom is -0.398 e. The standard InChI is InChI=1S/C15H16FNOS/c1-11-3-2-4-12(7-11)9-19(18)10-13-8-14(16)5-6-15(13)17/h2-8H,9-10,17H2,1H3. The van der Waals surface area contributed by atoms with Crippen molar-refractivity contribution in [3.05, 3.63) is 65.0 Å². The van der Waals surface area contributed by atoms with E-state index in [4.69, 9.17) is 5.73 Å². The Labute approximate surface area is 114 Å². The minimum atomic E-state index is -1.10. The zero-order chi connectivity index (χ0) is 13.8. The van der Waals surface area contributed by atoms with E-state index in [2.05, 4.69) is 0 Å². The molecule has 0 bridgehead atoms. The van der Waals surface area contributed by atoms with Crippen molar-refractivity contribution in [2.45, 2.75) is 18.4 Å². The lowest BCUT2D eigenvalue weighted by Gasteiger charge is -2.07. The van der Waals surface area contributed by atoms with E-state index in [0.29, 0.717) is 17.0 Å². The molecule has 19 heavy (non-hydrogen) atoms. The fourth-order valence-electron chi connectivity index (χ4n) is 1.91. The topological polar surface area (TPSA) is 43.1 Å². The molecule has 1 atom stereocenters. The lowest BCUT2D eigenvalue weighted by molar-refractivity contribution is 0.626. The molecule has 0 spiro atoms. The number of aryl methyl sites for hydroxylation is 1. The fourth-order valence-corrected chi connectivity index (χ4v) is 3.16. The molecule has 2 nitrogen and oxygen atoms in total. The van der Waals surface area contributed by atoms with Gasteiger partial charge in [-0.1, -0.05) is 29.8 Å². The molecule has 4 heteroatoms. The first-order valence-corrected chi connectivity index (χ1v) is 7.48. The fraction of sp³-hybridized carbons (Fsp3) is 0.200. The number of benzene rings is 2. The van der Waals surface area contributed by atoms with Crippen LogP contribution in [0.5, 0.6) is 0 Å². The Hall–Kier alpha value is -1.68. The molecule has 2 N–H and O–H groups in total. The third-order valence-corrected chi connectivity index (χ3v) is 4.12. The van der Waals surface area contributed by atoms with Gasteiger partial charge < -0.3 is 5.73 Å². The van der Waals surface area contributed by atoms with Gasteiger partial charge in [-0.3, -0.25) is 4.21 Å². The molecule has 2 aromatic carbocycles. The summed E-state index contributed by atoms with van der Waals surface area (Å²) in [5, 5.41) is 0. The third kappa shape index (κ3) is 3.89. The lowest BCUT2D eigenvalue weighted by atomic mass is 10.2. The summed E-state index contributed by atoms with van der Waals surface area (Å²) < 4.78 is 25.2. The van der Waals surface area contributed by atoms with Crippen LogP contribution >= 0.6 is 0 Å². The van der Waals surface area contributed by atoms with Crippen LogP contribution in [0.25, 0.3) is 0 Å². The lowest BCUT2D eigenvalue weighted by Crippen LogP contribution is -2.03. The van der Waals surface area contributed by atoms with Crippen LogP contribution in [-0.4, -0.2) is 4.21 Å². The van der Waals surface area contributed by atoms with Crippen molar-refractivity contribution < 1.29 is 8.60 Å². The van der Waals surface area contributed by atoms with Crippen LogP contribution in [0.15, 0.2) is 42.5 Å². The van der Waals surface area contributed by atoms with Crippen molar-refractivity contribution >= 4 is 16.5 Å². The van der Waals surface area contributed by atoms with E-state index in [-0.39, 0.29) is 11.6 Å². The summed E-state index contributed by atoms with van der Waals surface area (Å²) in [6, 6.07) is 12.1. The molecule has 0 aliphatic rings. The quantitative estimate of drug-likeness (QED) is 0.872. The summed E-state index contributed by atoms with van der Waals surface area (Å²) in [7, 11) is -1.10. The van der Waals surface area contributed by atoms with Crippen molar-refractivity contribution in [2.75, 3.05) is 5.73 Å². The molecule has 100 valence electrons. The van der Waals surface area contributed by atoms with Gasteiger partial charge >= 0.3 is 0 Å². The Bertz CT molecular complexity index is 613. The normalized spacial score (nSPS) is 12.3. The molecule has 0 aromatic heterocycles. The number of rotatable bonds is 4. The first-order chi connectivity index (χ1) is 9.04. The van der Waals surface area contributed by atoms with E-state index >= 15 is 0 Å². The predicted octanol–water partition coefficient (Wildman–Crippen LogP) is 3.17. The second kappa shape index (κ2) is 5.97. The Morgan fingerprint density at radius 1 is 1.16 bits per heavy atom. The number of nitrogen functional groups attached to an aromatic ring is 1. The van der Waals surface area contributed by atoms with Crippen LogP contribution in [0.4, 0.5) is 10.1 Å². The van der Waals surface area contributed by atoms with Gasteiger partial charge in [0.15, 0.2) is 0 Å². The largest absolute Gasteiger partial charge is 0.398 e. The van der Waals surface area contributed by atoms with Gasteiger partial charge in [0.1, 0.15) is 5.82 Å². The average Bonchev–Trinajstić information content (AvgIpc) is 2.34. The maximum absolute atomic E-state index is 13.1. The van der Waals surface area contributed by atoms with Gasteiger partial charge in [0.25, 0.3) is 0 Å². The maximum Gasteiger partial charge on any atom is 0.123 e. The molecular formula is C15H16FNOS. The number of anilines is 1. The van der Waals surface area contributed by atoms with Crippen molar-refractivity contribution in [3.63, 3.8) is 0 Å². The van der Waals surface area contributed by atoms with E-state index < -0.39 is 10.8 Å². The highest BCUT2D eigenvalue weighted by Gasteiger charge is 2.07. The molecule has 0 fully saturated rings. The SMILES string of the molecule is Cc1cccc(CS(=O)Cc2cc(F)ccc2N)c1. The molecule has 0 saturated carbocycles. The molecule has 0 radical (unpaired) electrons. The van der Waals surface area contributed by atoms with Crippen LogP contribution in [-0.2, 0) is 22.3 Å². The van der Waals surface area contributed by atoms with Crippen molar-refractivity contribution in [1.29, 1.82) is 0 Å². The van der Waals surface area contributed by atoms with Gasteiger partial charge in [0.2, 0.25) is 0 Å². The maximum atomic E-state index is 13.1. The molecule has 0 aliphatic carbocycles. The second-order valence-electron chi connectivity index (χ2n) is 4.56. The summed E-state index contributed by atoms with van der Waals surface area (Å²) in [6.45, 7) is 2.00. The molecule has 2 rings (SSSR count). The Balaban J connectivity index is 2.07. The molecule has 1 unspecified atom stereocenters. The van der Waals surface area contributed by atoms with Gasteiger partial charge in [-0.05, 0) is 36.2 Å². The number of nitrogens with two attached hydrogens (primary N) is 1. The monoisotopic (exact) mass is 277 g/mol. The molecular weight excluding hydrogens is 261 g/mol. The Morgan fingerprint density at radius 3 is 2.68 bits per heavy atom. The van der Waals surface area contributed by atoms with Crippen LogP contribution < -0.4 is 5.73 Å². The average molecular weight is 277 g/mol. The van der Waals surface area contributed by atoms with Crippen molar-refractivity contribution in [1.82, 2.24) is 0 Å². The zero-order valence-corrected chi connectivity index (χ0v) is 11.5.